The molecule has 2 amide bonds. The standard InChI is InChI=1S/C28H25FN2O2/c1-18-7-12-24(19(2)15-18)25-26(30-14-13-21-5-3-4-6-22(21)17-30)28(33)31(27(25)32)16-20-8-10-23(29)11-9-20/h3-12,15H,13-14,16-17H2,1-2H3. The Morgan fingerprint density at radius 1 is 0.879 bits per heavy atom. The summed E-state index contributed by atoms with van der Waals surface area (Å²) in [5.74, 6) is -0.941. The lowest BCUT2D eigenvalue weighted by atomic mass is 9.95. The first-order valence-electron chi connectivity index (χ1n) is 11.2. The lowest BCUT2D eigenvalue weighted by Crippen LogP contribution is -2.37. The molecule has 0 bridgehead atoms. The van der Waals surface area contributed by atoms with Gasteiger partial charge in [0, 0.05) is 13.1 Å². The van der Waals surface area contributed by atoms with Crippen molar-refractivity contribution in [3.8, 4) is 0 Å². The summed E-state index contributed by atoms with van der Waals surface area (Å²) >= 11 is 0. The Hall–Kier alpha value is -3.73. The van der Waals surface area contributed by atoms with Gasteiger partial charge in [-0.15, -0.1) is 0 Å². The molecule has 4 nitrogen and oxygen atoms in total. The number of hydrogen-bond donors (Lipinski definition) is 0. The van der Waals surface area contributed by atoms with E-state index in [0.717, 1.165) is 23.1 Å². The second-order valence-electron chi connectivity index (χ2n) is 8.81. The third kappa shape index (κ3) is 3.84. The number of carbonyl (C=O) groups excluding carboxylic acids is 2. The number of rotatable bonds is 4. The molecule has 3 aromatic rings. The lowest BCUT2D eigenvalue weighted by molar-refractivity contribution is -0.138. The van der Waals surface area contributed by atoms with Crippen LogP contribution in [-0.4, -0.2) is 28.2 Å². The van der Waals surface area contributed by atoms with Gasteiger partial charge in [-0.2, -0.15) is 0 Å². The van der Waals surface area contributed by atoms with E-state index in [4.69, 9.17) is 0 Å². The maximum Gasteiger partial charge on any atom is 0.278 e. The van der Waals surface area contributed by atoms with Crippen LogP contribution in [0.15, 0.2) is 72.4 Å². The monoisotopic (exact) mass is 440 g/mol. The minimum atomic E-state index is -0.348. The maximum atomic E-state index is 13.7. The van der Waals surface area contributed by atoms with E-state index in [1.807, 2.05) is 49.1 Å². The summed E-state index contributed by atoms with van der Waals surface area (Å²) in [6, 6.07) is 20.1. The first kappa shape index (κ1) is 21.1. The fourth-order valence-corrected chi connectivity index (χ4v) is 4.80. The van der Waals surface area contributed by atoms with Crippen molar-refractivity contribution in [2.45, 2.75) is 33.4 Å². The molecular formula is C28H25FN2O2. The molecular weight excluding hydrogens is 415 g/mol. The summed E-state index contributed by atoms with van der Waals surface area (Å²) in [6.07, 6.45) is 0.819. The van der Waals surface area contributed by atoms with Crippen LogP contribution in [-0.2, 0) is 29.1 Å². The molecule has 166 valence electrons. The smallest absolute Gasteiger partial charge is 0.278 e. The minimum absolute atomic E-state index is 0.111. The molecule has 0 aliphatic carbocycles. The van der Waals surface area contributed by atoms with Crippen LogP contribution in [0.3, 0.4) is 0 Å². The highest BCUT2D eigenvalue weighted by atomic mass is 19.1. The van der Waals surface area contributed by atoms with Gasteiger partial charge < -0.3 is 4.90 Å². The minimum Gasteiger partial charge on any atom is -0.362 e. The normalized spacial score (nSPS) is 16.0. The lowest BCUT2D eigenvalue weighted by Gasteiger charge is -2.31. The number of fused-ring (bicyclic) bond motifs is 1. The third-order valence-electron chi connectivity index (χ3n) is 6.50. The average molecular weight is 441 g/mol. The largest absolute Gasteiger partial charge is 0.362 e. The molecule has 0 radical (unpaired) electrons. The van der Waals surface area contributed by atoms with Gasteiger partial charge in [0.25, 0.3) is 11.8 Å². The Balaban J connectivity index is 1.58. The molecule has 2 aliphatic heterocycles. The van der Waals surface area contributed by atoms with E-state index in [0.29, 0.717) is 29.9 Å². The van der Waals surface area contributed by atoms with Crippen molar-refractivity contribution < 1.29 is 14.0 Å². The van der Waals surface area contributed by atoms with Crippen LogP contribution in [0.4, 0.5) is 4.39 Å². The van der Waals surface area contributed by atoms with Gasteiger partial charge >= 0.3 is 0 Å². The van der Waals surface area contributed by atoms with E-state index in [-0.39, 0.29) is 24.2 Å². The van der Waals surface area contributed by atoms with Crippen molar-refractivity contribution in [1.82, 2.24) is 9.80 Å². The van der Waals surface area contributed by atoms with Gasteiger partial charge in [0.05, 0.1) is 12.1 Å². The van der Waals surface area contributed by atoms with Gasteiger partial charge in [-0.1, -0.05) is 60.2 Å². The Morgan fingerprint density at radius 2 is 1.61 bits per heavy atom. The number of aryl methyl sites for hydroxylation is 2. The molecule has 5 heteroatoms. The van der Waals surface area contributed by atoms with Crippen molar-refractivity contribution in [2.75, 3.05) is 6.54 Å². The van der Waals surface area contributed by atoms with Crippen molar-refractivity contribution >= 4 is 17.4 Å². The van der Waals surface area contributed by atoms with Gasteiger partial charge in [-0.05, 0) is 60.2 Å². The van der Waals surface area contributed by atoms with Crippen molar-refractivity contribution in [3.05, 3.63) is 112 Å². The quantitative estimate of drug-likeness (QED) is 0.548. The molecule has 0 atom stereocenters. The van der Waals surface area contributed by atoms with E-state index < -0.39 is 0 Å². The Kier molecular flexibility index (Phi) is 5.33. The molecule has 0 aromatic heterocycles. The number of benzene rings is 3. The summed E-state index contributed by atoms with van der Waals surface area (Å²) in [5, 5.41) is 0. The van der Waals surface area contributed by atoms with E-state index in [1.54, 1.807) is 12.1 Å². The number of amides is 2. The molecule has 0 N–H and O–H groups in total. The molecule has 0 saturated carbocycles. The molecule has 2 aliphatic rings. The number of imide groups is 1. The van der Waals surface area contributed by atoms with Gasteiger partial charge in [0.15, 0.2) is 0 Å². The fraction of sp³-hybridized carbons (Fsp3) is 0.214. The topological polar surface area (TPSA) is 40.6 Å². The molecule has 0 fully saturated rings. The highest BCUT2D eigenvalue weighted by Gasteiger charge is 2.42. The predicted octanol–water partition coefficient (Wildman–Crippen LogP) is 4.78. The van der Waals surface area contributed by atoms with Gasteiger partial charge in [0.1, 0.15) is 11.5 Å². The van der Waals surface area contributed by atoms with Crippen LogP contribution in [0.25, 0.3) is 5.57 Å². The van der Waals surface area contributed by atoms with Crippen molar-refractivity contribution in [3.63, 3.8) is 0 Å². The summed E-state index contributed by atoms with van der Waals surface area (Å²) in [5.41, 5.74) is 6.94. The number of carbonyl (C=O) groups is 2. The average Bonchev–Trinajstić information content (AvgIpc) is 3.05. The summed E-state index contributed by atoms with van der Waals surface area (Å²) < 4.78 is 13.4. The third-order valence-corrected chi connectivity index (χ3v) is 6.50. The van der Waals surface area contributed by atoms with Crippen LogP contribution < -0.4 is 0 Å². The predicted molar refractivity (Wildman–Crippen MR) is 125 cm³/mol. The van der Waals surface area contributed by atoms with Gasteiger partial charge in [-0.25, -0.2) is 4.39 Å². The Bertz CT molecular complexity index is 1290. The first-order chi connectivity index (χ1) is 15.9. The van der Waals surface area contributed by atoms with Crippen LogP contribution in [0.5, 0.6) is 0 Å². The van der Waals surface area contributed by atoms with Crippen molar-refractivity contribution in [2.24, 2.45) is 0 Å². The van der Waals surface area contributed by atoms with Gasteiger partial charge in [-0.3, -0.25) is 14.5 Å². The summed E-state index contributed by atoms with van der Waals surface area (Å²) in [6.45, 7) is 5.35. The van der Waals surface area contributed by atoms with Crippen LogP contribution in [0.2, 0.25) is 0 Å². The van der Waals surface area contributed by atoms with Crippen molar-refractivity contribution in [1.29, 1.82) is 0 Å². The highest BCUT2D eigenvalue weighted by Crippen LogP contribution is 2.36. The molecule has 0 spiro atoms. The molecule has 0 unspecified atom stereocenters. The van der Waals surface area contributed by atoms with E-state index >= 15 is 0 Å². The van der Waals surface area contributed by atoms with Crippen LogP contribution in [0.1, 0.15) is 33.4 Å². The Morgan fingerprint density at radius 3 is 2.33 bits per heavy atom. The first-order valence-corrected chi connectivity index (χ1v) is 11.2. The number of nitrogens with zero attached hydrogens (tertiary/aromatic N) is 2. The maximum absolute atomic E-state index is 13.7. The Labute approximate surface area is 193 Å². The SMILES string of the molecule is Cc1ccc(C2=C(N3CCc4ccccc4C3)C(=O)N(Cc3ccc(F)cc3)C2=O)c(C)c1. The second-order valence-corrected chi connectivity index (χ2v) is 8.81. The van der Waals surface area contributed by atoms with Crippen LogP contribution in [0, 0.1) is 19.7 Å². The molecule has 3 aromatic carbocycles. The summed E-state index contributed by atoms with van der Waals surface area (Å²) in [7, 11) is 0. The van der Waals surface area contributed by atoms with Crippen LogP contribution >= 0.6 is 0 Å². The number of hydrogen-bond acceptors (Lipinski definition) is 3. The van der Waals surface area contributed by atoms with E-state index in [1.165, 1.54) is 28.2 Å². The highest BCUT2D eigenvalue weighted by molar-refractivity contribution is 6.35. The molecule has 5 rings (SSSR count). The zero-order valence-corrected chi connectivity index (χ0v) is 18.8. The number of halogens is 1. The van der Waals surface area contributed by atoms with Gasteiger partial charge in [0.2, 0.25) is 0 Å². The zero-order valence-electron chi connectivity index (χ0n) is 18.8. The fourth-order valence-electron chi connectivity index (χ4n) is 4.80. The zero-order chi connectivity index (χ0) is 23.1. The molecule has 33 heavy (non-hydrogen) atoms. The summed E-state index contributed by atoms with van der Waals surface area (Å²) in [4.78, 5) is 30.7. The van der Waals surface area contributed by atoms with E-state index in [9.17, 15) is 14.0 Å². The molecule has 0 saturated heterocycles. The molecule has 2 heterocycles. The second kappa shape index (κ2) is 8.32. The van der Waals surface area contributed by atoms with E-state index in [2.05, 4.69) is 12.1 Å².